The van der Waals surface area contributed by atoms with Crippen LogP contribution in [0.4, 0.5) is 5.69 Å². The van der Waals surface area contributed by atoms with Gasteiger partial charge in [-0.1, -0.05) is 18.2 Å². The van der Waals surface area contributed by atoms with E-state index >= 15 is 0 Å². The lowest BCUT2D eigenvalue weighted by Crippen LogP contribution is -2.36. The molecule has 0 aliphatic carbocycles. The van der Waals surface area contributed by atoms with Gasteiger partial charge in [0.1, 0.15) is 5.70 Å². The minimum absolute atomic E-state index is 0.166. The lowest BCUT2D eigenvalue weighted by molar-refractivity contribution is -0.118. The van der Waals surface area contributed by atoms with Crippen LogP contribution in [0.5, 0.6) is 11.5 Å². The second-order valence-electron chi connectivity index (χ2n) is 8.93. The summed E-state index contributed by atoms with van der Waals surface area (Å²) in [5.74, 6) is 0.170. The molecule has 37 heavy (non-hydrogen) atoms. The van der Waals surface area contributed by atoms with E-state index in [-0.39, 0.29) is 17.6 Å². The molecule has 7 nitrogen and oxygen atoms in total. The first kappa shape index (κ1) is 26.3. The number of benzene rings is 2. The van der Waals surface area contributed by atoms with Gasteiger partial charge in [0.2, 0.25) is 0 Å². The average molecular weight is 520 g/mol. The van der Waals surface area contributed by atoms with E-state index in [1.54, 1.807) is 24.3 Å². The standard InChI is InChI=1S/C29H33N3O4S/c1-20(21-9-12-23(13-10-21)32-15-5-4-6-16-32)30-29(34)25(19-24-8-7-17-37-24)31-28(33)22-11-14-26(35-2)27(18-22)36-3/h7-14,17-20H,4-6,15-16H2,1-3H3,(H,30,34)(H,31,33)/b25-19-/t20-/m0/s1. The molecule has 1 aliphatic rings. The molecule has 4 rings (SSSR count). The number of thiophene rings is 1. The Bertz CT molecular complexity index is 1230. The molecule has 0 spiro atoms. The Morgan fingerprint density at radius 1 is 0.973 bits per heavy atom. The summed E-state index contributed by atoms with van der Waals surface area (Å²) < 4.78 is 10.6. The summed E-state index contributed by atoms with van der Waals surface area (Å²) in [7, 11) is 3.04. The monoisotopic (exact) mass is 519 g/mol. The maximum Gasteiger partial charge on any atom is 0.268 e. The summed E-state index contributed by atoms with van der Waals surface area (Å²) in [5.41, 5.74) is 2.72. The summed E-state index contributed by atoms with van der Waals surface area (Å²) in [6.07, 6.45) is 5.43. The molecular formula is C29H33N3O4S. The number of amides is 2. The van der Waals surface area contributed by atoms with E-state index in [1.165, 1.54) is 50.5 Å². The Kier molecular flexibility index (Phi) is 8.85. The van der Waals surface area contributed by atoms with Crippen molar-refractivity contribution >= 4 is 34.9 Å². The summed E-state index contributed by atoms with van der Waals surface area (Å²) in [6.45, 7) is 4.11. The van der Waals surface area contributed by atoms with Crippen molar-refractivity contribution in [3.8, 4) is 11.5 Å². The van der Waals surface area contributed by atoms with E-state index < -0.39 is 5.91 Å². The molecule has 2 amide bonds. The van der Waals surface area contributed by atoms with Crippen LogP contribution in [-0.2, 0) is 4.79 Å². The Morgan fingerprint density at radius 2 is 1.70 bits per heavy atom. The first-order chi connectivity index (χ1) is 18.0. The van der Waals surface area contributed by atoms with Gasteiger partial charge in [-0.2, -0.15) is 0 Å². The summed E-state index contributed by atoms with van der Waals surface area (Å²) in [4.78, 5) is 29.6. The van der Waals surface area contributed by atoms with E-state index in [0.29, 0.717) is 17.1 Å². The zero-order valence-electron chi connectivity index (χ0n) is 21.5. The Balaban J connectivity index is 1.48. The fourth-order valence-electron chi connectivity index (χ4n) is 4.33. The Morgan fingerprint density at radius 3 is 2.35 bits per heavy atom. The number of piperidine rings is 1. The number of carbonyl (C=O) groups is 2. The van der Waals surface area contributed by atoms with Crippen molar-refractivity contribution in [3.05, 3.63) is 81.7 Å². The van der Waals surface area contributed by atoms with Crippen LogP contribution in [0.3, 0.4) is 0 Å². The third-order valence-electron chi connectivity index (χ3n) is 6.43. The second-order valence-corrected chi connectivity index (χ2v) is 9.91. The minimum atomic E-state index is -0.419. The Labute approximate surface area is 222 Å². The van der Waals surface area contributed by atoms with Crippen molar-refractivity contribution in [1.29, 1.82) is 0 Å². The second kappa shape index (κ2) is 12.5. The van der Waals surface area contributed by atoms with Crippen LogP contribution in [0.15, 0.2) is 65.7 Å². The zero-order chi connectivity index (χ0) is 26.2. The maximum absolute atomic E-state index is 13.3. The zero-order valence-corrected chi connectivity index (χ0v) is 22.3. The van der Waals surface area contributed by atoms with Crippen LogP contribution in [0.25, 0.3) is 6.08 Å². The summed E-state index contributed by atoms with van der Waals surface area (Å²) in [5, 5.41) is 7.73. The van der Waals surface area contributed by atoms with Crippen LogP contribution in [0, 0.1) is 0 Å². The molecule has 1 fully saturated rings. The van der Waals surface area contributed by atoms with Crippen molar-refractivity contribution in [2.75, 3.05) is 32.2 Å². The van der Waals surface area contributed by atoms with Crippen LogP contribution in [0.2, 0.25) is 0 Å². The summed E-state index contributed by atoms with van der Waals surface area (Å²) >= 11 is 1.48. The van der Waals surface area contributed by atoms with Gasteiger partial charge in [0, 0.05) is 29.2 Å². The number of ether oxygens (including phenoxy) is 2. The molecule has 0 saturated carbocycles. The molecule has 0 radical (unpaired) electrons. The van der Waals surface area contributed by atoms with Crippen molar-refractivity contribution in [2.45, 2.75) is 32.2 Å². The van der Waals surface area contributed by atoms with Gasteiger partial charge in [-0.3, -0.25) is 9.59 Å². The smallest absolute Gasteiger partial charge is 0.268 e. The fourth-order valence-corrected chi connectivity index (χ4v) is 4.99. The normalized spacial score (nSPS) is 14.6. The predicted molar refractivity (Wildman–Crippen MR) is 148 cm³/mol. The van der Waals surface area contributed by atoms with Crippen LogP contribution in [-0.4, -0.2) is 39.1 Å². The number of rotatable bonds is 9. The molecule has 194 valence electrons. The first-order valence-electron chi connectivity index (χ1n) is 12.4. The number of carbonyl (C=O) groups excluding carboxylic acids is 2. The molecule has 3 aromatic rings. The number of nitrogens with zero attached hydrogens (tertiary/aromatic N) is 1. The largest absolute Gasteiger partial charge is 0.493 e. The van der Waals surface area contributed by atoms with E-state index in [1.807, 2.05) is 24.4 Å². The van der Waals surface area contributed by atoms with Crippen molar-refractivity contribution in [3.63, 3.8) is 0 Å². The molecule has 0 unspecified atom stereocenters. The third kappa shape index (κ3) is 6.71. The SMILES string of the molecule is COc1ccc(C(=O)N/C(=C\c2cccs2)C(=O)N[C@@H](C)c2ccc(N3CCCCC3)cc2)cc1OC. The van der Waals surface area contributed by atoms with Gasteiger partial charge >= 0.3 is 0 Å². The molecule has 1 atom stereocenters. The van der Waals surface area contributed by atoms with Crippen LogP contribution >= 0.6 is 11.3 Å². The molecule has 0 bridgehead atoms. The van der Waals surface area contributed by atoms with Gasteiger partial charge in [-0.05, 0) is 79.6 Å². The lowest BCUT2D eigenvalue weighted by atomic mass is 10.1. The number of nitrogens with one attached hydrogen (secondary N) is 2. The molecule has 1 aliphatic heterocycles. The molecular weight excluding hydrogens is 486 g/mol. The van der Waals surface area contributed by atoms with Gasteiger partial charge in [0.15, 0.2) is 11.5 Å². The number of hydrogen-bond donors (Lipinski definition) is 2. The topological polar surface area (TPSA) is 79.9 Å². The van der Waals surface area contributed by atoms with Gasteiger partial charge in [-0.15, -0.1) is 11.3 Å². The fraction of sp³-hybridized carbons (Fsp3) is 0.310. The van der Waals surface area contributed by atoms with Crippen LogP contribution < -0.4 is 25.0 Å². The van der Waals surface area contributed by atoms with E-state index in [9.17, 15) is 9.59 Å². The van der Waals surface area contributed by atoms with Crippen LogP contribution in [0.1, 0.15) is 53.0 Å². The molecule has 2 N–H and O–H groups in total. The lowest BCUT2D eigenvalue weighted by Gasteiger charge is -2.29. The molecule has 1 saturated heterocycles. The number of anilines is 1. The quantitative estimate of drug-likeness (QED) is 0.370. The molecule has 2 heterocycles. The predicted octanol–water partition coefficient (Wildman–Crippen LogP) is 5.40. The number of hydrogen-bond acceptors (Lipinski definition) is 6. The van der Waals surface area contributed by atoms with Gasteiger partial charge < -0.3 is 25.0 Å². The summed E-state index contributed by atoms with van der Waals surface area (Å²) in [6, 6.07) is 16.8. The first-order valence-corrected chi connectivity index (χ1v) is 13.3. The average Bonchev–Trinajstić information content (AvgIpc) is 3.46. The highest BCUT2D eigenvalue weighted by Crippen LogP contribution is 2.28. The molecule has 2 aromatic carbocycles. The van der Waals surface area contributed by atoms with Gasteiger partial charge in [0.25, 0.3) is 11.8 Å². The van der Waals surface area contributed by atoms with Gasteiger partial charge in [-0.25, -0.2) is 0 Å². The minimum Gasteiger partial charge on any atom is -0.493 e. The number of methoxy groups -OCH3 is 2. The van der Waals surface area contributed by atoms with Crippen molar-refractivity contribution in [1.82, 2.24) is 10.6 Å². The Hall–Kier alpha value is -3.78. The van der Waals surface area contributed by atoms with Crippen molar-refractivity contribution in [2.24, 2.45) is 0 Å². The van der Waals surface area contributed by atoms with E-state index in [4.69, 9.17) is 9.47 Å². The molecule has 1 aromatic heterocycles. The maximum atomic E-state index is 13.3. The van der Waals surface area contributed by atoms with E-state index in [0.717, 1.165) is 23.5 Å². The molecule has 8 heteroatoms. The highest BCUT2D eigenvalue weighted by molar-refractivity contribution is 7.10. The van der Waals surface area contributed by atoms with Gasteiger partial charge in [0.05, 0.1) is 20.3 Å². The highest BCUT2D eigenvalue weighted by atomic mass is 32.1. The van der Waals surface area contributed by atoms with Crippen molar-refractivity contribution < 1.29 is 19.1 Å². The third-order valence-corrected chi connectivity index (χ3v) is 7.25. The van der Waals surface area contributed by atoms with E-state index in [2.05, 4.69) is 39.8 Å². The highest BCUT2D eigenvalue weighted by Gasteiger charge is 2.19.